The van der Waals surface area contributed by atoms with Crippen molar-refractivity contribution in [3.63, 3.8) is 0 Å². The minimum Gasteiger partial charge on any atom is -0.312 e. The SMILES string of the molecule is CCc1nc(C)c(C(C)NC)s1. The summed E-state index contributed by atoms with van der Waals surface area (Å²) in [6.07, 6.45) is 1.04. The minimum absolute atomic E-state index is 0.433. The Balaban J connectivity index is 2.91. The molecule has 2 nitrogen and oxygen atoms in total. The highest BCUT2D eigenvalue weighted by Gasteiger charge is 2.11. The second-order valence-electron chi connectivity index (χ2n) is 2.92. The number of nitrogens with one attached hydrogen (secondary N) is 1. The van der Waals surface area contributed by atoms with E-state index in [4.69, 9.17) is 0 Å². The summed E-state index contributed by atoms with van der Waals surface area (Å²) < 4.78 is 0. The molecule has 0 saturated heterocycles. The monoisotopic (exact) mass is 184 g/mol. The van der Waals surface area contributed by atoms with E-state index in [-0.39, 0.29) is 0 Å². The van der Waals surface area contributed by atoms with Crippen LogP contribution < -0.4 is 5.32 Å². The lowest BCUT2D eigenvalue weighted by Gasteiger charge is -2.06. The van der Waals surface area contributed by atoms with Crippen molar-refractivity contribution in [3.05, 3.63) is 15.6 Å². The molecule has 0 aromatic carbocycles. The van der Waals surface area contributed by atoms with Gasteiger partial charge in [-0.3, -0.25) is 0 Å². The Morgan fingerprint density at radius 1 is 1.58 bits per heavy atom. The molecule has 0 aliphatic rings. The Hall–Kier alpha value is -0.410. The number of hydrogen-bond donors (Lipinski definition) is 1. The van der Waals surface area contributed by atoms with Crippen molar-refractivity contribution in [2.75, 3.05) is 7.05 Å². The smallest absolute Gasteiger partial charge is 0.0928 e. The van der Waals surface area contributed by atoms with Crippen molar-refractivity contribution in [3.8, 4) is 0 Å². The number of aromatic nitrogens is 1. The van der Waals surface area contributed by atoms with Crippen LogP contribution in [0.25, 0.3) is 0 Å². The Kier molecular flexibility index (Phi) is 3.23. The maximum atomic E-state index is 4.48. The highest BCUT2D eigenvalue weighted by Crippen LogP contribution is 2.24. The van der Waals surface area contributed by atoms with Gasteiger partial charge < -0.3 is 5.32 Å². The van der Waals surface area contributed by atoms with E-state index >= 15 is 0 Å². The average Bonchev–Trinajstić information content (AvgIpc) is 2.45. The predicted molar refractivity (Wildman–Crippen MR) is 53.7 cm³/mol. The van der Waals surface area contributed by atoms with Crippen molar-refractivity contribution >= 4 is 11.3 Å². The van der Waals surface area contributed by atoms with Crippen LogP contribution in [-0.2, 0) is 6.42 Å². The van der Waals surface area contributed by atoms with Gasteiger partial charge in [-0.25, -0.2) is 4.98 Å². The molecule has 1 atom stereocenters. The zero-order chi connectivity index (χ0) is 9.14. The molecule has 0 aliphatic carbocycles. The third kappa shape index (κ3) is 1.84. The molecule has 0 amide bonds. The standard InChI is InChI=1S/C9H16N2S/c1-5-8-11-7(3)9(12-8)6(2)10-4/h6,10H,5H2,1-4H3. The highest BCUT2D eigenvalue weighted by molar-refractivity contribution is 7.11. The first-order valence-corrected chi connectivity index (χ1v) is 5.14. The predicted octanol–water partition coefficient (Wildman–Crippen LogP) is 2.29. The molecule has 1 aromatic heterocycles. The fraction of sp³-hybridized carbons (Fsp3) is 0.667. The van der Waals surface area contributed by atoms with Crippen LogP contribution in [0.15, 0.2) is 0 Å². The third-order valence-corrected chi connectivity index (χ3v) is 3.49. The van der Waals surface area contributed by atoms with E-state index in [9.17, 15) is 0 Å². The van der Waals surface area contributed by atoms with Crippen LogP contribution in [0.5, 0.6) is 0 Å². The fourth-order valence-electron chi connectivity index (χ4n) is 1.15. The molecule has 0 fully saturated rings. The normalized spacial score (nSPS) is 13.3. The lowest BCUT2D eigenvalue weighted by atomic mass is 10.2. The number of aryl methyl sites for hydroxylation is 2. The fourth-order valence-corrected chi connectivity index (χ4v) is 2.22. The van der Waals surface area contributed by atoms with E-state index in [0.29, 0.717) is 6.04 Å². The van der Waals surface area contributed by atoms with Crippen LogP contribution in [0, 0.1) is 6.92 Å². The van der Waals surface area contributed by atoms with Crippen molar-refractivity contribution in [2.24, 2.45) is 0 Å². The van der Waals surface area contributed by atoms with Crippen molar-refractivity contribution < 1.29 is 0 Å². The van der Waals surface area contributed by atoms with Gasteiger partial charge in [-0.05, 0) is 27.3 Å². The van der Waals surface area contributed by atoms with Crippen LogP contribution in [0.3, 0.4) is 0 Å². The summed E-state index contributed by atoms with van der Waals surface area (Å²) >= 11 is 1.82. The lowest BCUT2D eigenvalue weighted by Crippen LogP contribution is -2.11. The molecule has 3 heteroatoms. The largest absolute Gasteiger partial charge is 0.312 e. The molecule has 1 aromatic rings. The summed E-state index contributed by atoms with van der Waals surface area (Å²) in [6, 6.07) is 0.433. The Labute approximate surface area is 78.0 Å². The van der Waals surface area contributed by atoms with E-state index in [1.165, 1.54) is 15.6 Å². The zero-order valence-corrected chi connectivity index (χ0v) is 8.96. The maximum absolute atomic E-state index is 4.48. The van der Waals surface area contributed by atoms with E-state index in [1.54, 1.807) is 0 Å². The number of hydrogen-bond acceptors (Lipinski definition) is 3. The lowest BCUT2D eigenvalue weighted by molar-refractivity contribution is 0.658. The molecule has 12 heavy (non-hydrogen) atoms. The molecule has 0 spiro atoms. The Morgan fingerprint density at radius 3 is 2.67 bits per heavy atom. The molecule has 0 aliphatic heterocycles. The molecule has 1 heterocycles. The van der Waals surface area contributed by atoms with Gasteiger partial charge in [-0.2, -0.15) is 0 Å². The zero-order valence-electron chi connectivity index (χ0n) is 8.14. The second-order valence-corrected chi connectivity index (χ2v) is 4.04. The highest BCUT2D eigenvalue weighted by atomic mass is 32.1. The van der Waals surface area contributed by atoms with E-state index in [0.717, 1.165) is 6.42 Å². The summed E-state index contributed by atoms with van der Waals surface area (Å²) in [5.74, 6) is 0. The molecule has 68 valence electrons. The van der Waals surface area contributed by atoms with E-state index in [2.05, 4.69) is 31.1 Å². The van der Waals surface area contributed by atoms with E-state index < -0.39 is 0 Å². The van der Waals surface area contributed by atoms with Crippen LogP contribution in [0.4, 0.5) is 0 Å². The van der Waals surface area contributed by atoms with Crippen molar-refractivity contribution in [1.82, 2.24) is 10.3 Å². The molecule has 1 unspecified atom stereocenters. The number of rotatable bonds is 3. The first-order valence-electron chi connectivity index (χ1n) is 4.32. The average molecular weight is 184 g/mol. The first-order chi connectivity index (χ1) is 5.69. The van der Waals surface area contributed by atoms with Crippen molar-refractivity contribution in [1.29, 1.82) is 0 Å². The molecule has 0 radical (unpaired) electrons. The van der Waals surface area contributed by atoms with Crippen LogP contribution in [0.1, 0.15) is 35.5 Å². The number of thiazole rings is 1. The van der Waals surface area contributed by atoms with Gasteiger partial charge in [0.15, 0.2) is 0 Å². The summed E-state index contributed by atoms with van der Waals surface area (Å²) in [6.45, 7) is 6.39. The maximum Gasteiger partial charge on any atom is 0.0928 e. The number of nitrogens with zero attached hydrogens (tertiary/aromatic N) is 1. The molecule has 1 rings (SSSR count). The van der Waals surface area contributed by atoms with Crippen LogP contribution >= 0.6 is 11.3 Å². The van der Waals surface area contributed by atoms with Gasteiger partial charge in [0.05, 0.1) is 10.7 Å². The summed E-state index contributed by atoms with van der Waals surface area (Å²) in [5, 5.41) is 4.47. The summed E-state index contributed by atoms with van der Waals surface area (Å²) in [4.78, 5) is 5.85. The first kappa shape index (κ1) is 9.68. The summed E-state index contributed by atoms with van der Waals surface area (Å²) in [5.41, 5.74) is 1.18. The molecule has 0 bridgehead atoms. The van der Waals surface area contributed by atoms with Gasteiger partial charge >= 0.3 is 0 Å². The molecule has 1 N–H and O–H groups in total. The van der Waals surface area contributed by atoms with Crippen LogP contribution in [0.2, 0.25) is 0 Å². The Morgan fingerprint density at radius 2 is 2.25 bits per heavy atom. The third-order valence-electron chi connectivity index (χ3n) is 2.01. The molecular formula is C9H16N2S. The Bertz CT molecular complexity index is 255. The van der Waals surface area contributed by atoms with Crippen molar-refractivity contribution in [2.45, 2.75) is 33.2 Å². The van der Waals surface area contributed by atoms with Crippen LogP contribution in [-0.4, -0.2) is 12.0 Å². The van der Waals surface area contributed by atoms with Gasteiger partial charge in [0.25, 0.3) is 0 Å². The van der Waals surface area contributed by atoms with Gasteiger partial charge in [0, 0.05) is 10.9 Å². The van der Waals surface area contributed by atoms with Gasteiger partial charge in [0.2, 0.25) is 0 Å². The van der Waals surface area contributed by atoms with Gasteiger partial charge in [-0.1, -0.05) is 6.92 Å². The van der Waals surface area contributed by atoms with Gasteiger partial charge in [0.1, 0.15) is 0 Å². The quantitative estimate of drug-likeness (QED) is 0.779. The van der Waals surface area contributed by atoms with Gasteiger partial charge in [-0.15, -0.1) is 11.3 Å². The molecule has 0 saturated carbocycles. The molecular weight excluding hydrogens is 168 g/mol. The minimum atomic E-state index is 0.433. The second kappa shape index (κ2) is 4.01. The topological polar surface area (TPSA) is 24.9 Å². The van der Waals surface area contributed by atoms with E-state index in [1.807, 2.05) is 18.4 Å². The summed E-state index contributed by atoms with van der Waals surface area (Å²) in [7, 11) is 1.98.